The Morgan fingerprint density at radius 1 is 1.03 bits per heavy atom. The van der Waals surface area contributed by atoms with Gasteiger partial charge in [0, 0.05) is 12.6 Å². The smallest absolute Gasteiger partial charge is 0.326 e. The Bertz CT molecular complexity index is 824. The van der Waals surface area contributed by atoms with E-state index in [2.05, 4.69) is 10.8 Å². The van der Waals surface area contributed by atoms with Crippen molar-refractivity contribution in [2.45, 2.75) is 109 Å². The van der Waals surface area contributed by atoms with Crippen LogP contribution < -0.4 is 10.8 Å². The van der Waals surface area contributed by atoms with E-state index in [-0.39, 0.29) is 30.2 Å². The first kappa shape index (κ1) is 27.4. The highest BCUT2D eigenvalue weighted by Crippen LogP contribution is 2.32. The molecule has 2 N–H and O–H groups in total. The normalized spacial score (nSPS) is 19.2. The van der Waals surface area contributed by atoms with E-state index in [1.807, 2.05) is 45.0 Å². The molecule has 1 amide bonds. The molecule has 194 valence electrons. The van der Waals surface area contributed by atoms with Gasteiger partial charge in [0.2, 0.25) is 0 Å². The van der Waals surface area contributed by atoms with Crippen LogP contribution in [0.1, 0.15) is 89.7 Å². The molecule has 1 atom stereocenters. The Morgan fingerprint density at radius 3 is 2.37 bits per heavy atom. The lowest BCUT2D eigenvalue weighted by molar-refractivity contribution is -0.158. The van der Waals surface area contributed by atoms with Gasteiger partial charge >= 0.3 is 5.97 Å². The van der Waals surface area contributed by atoms with Crippen molar-refractivity contribution >= 4 is 18.0 Å². The minimum absolute atomic E-state index is 0.0676. The number of hydrogen-bond donors (Lipinski definition) is 2. The predicted molar refractivity (Wildman–Crippen MR) is 136 cm³/mol. The molecule has 7 heteroatoms. The van der Waals surface area contributed by atoms with Crippen LogP contribution in [0.25, 0.3) is 6.08 Å². The molecule has 2 aliphatic rings. The molecular formula is C28H42N2O5. The molecule has 0 aromatic heterocycles. The maximum atomic E-state index is 13.1. The lowest BCUT2D eigenvalue weighted by Gasteiger charge is -2.36. The van der Waals surface area contributed by atoms with Crippen LogP contribution in [-0.4, -0.2) is 42.3 Å². The zero-order valence-electron chi connectivity index (χ0n) is 21.5. The van der Waals surface area contributed by atoms with Crippen molar-refractivity contribution in [2.24, 2.45) is 0 Å². The van der Waals surface area contributed by atoms with E-state index in [1.54, 1.807) is 6.08 Å². The second-order valence-corrected chi connectivity index (χ2v) is 10.2. The number of carbonyl (C=O) groups excluding carboxylic acids is 2. The number of amides is 1. The lowest BCUT2D eigenvalue weighted by atomic mass is 9.81. The number of carbonyl (C=O) groups is 2. The molecule has 0 saturated heterocycles. The second-order valence-electron chi connectivity index (χ2n) is 10.2. The molecule has 1 aromatic rings. The minimum atomic E-state index is -0.575. The van der Waals surface area contributed by atoms with Gasteiger partial charge in [-0.25, -0.2) is 5.48 Å². The van der Waals surface area contributed by atoms with Gasteiger partial charge in [-0.1, -0.05) is 43.5 Å². The Balaban J connectivity index is 1.47. The third-order valence-corrected chi connectivity index (χ3v) is 6.74. The summed E-state index contributed by atoms with van der Waals surface area (Å²) < 4.78 is 11.4. The molecule has 35 heavy (non-hydrogen) atoms. The molecule has 0 aliphatic heterocycles. The van der Waals surface area contributed by atoms with Crippen molar-refractivity contribution in [1.29, 1.82) is 0 Å². The third kappa shape index (κ3) is 9.06. The number of rotatable bonds is 12. The molecule has 3 rings (SSSR count). The van der Waals surface area contributed by atoms with Crippen molar-refractivity contribution in [3.05, 3.63) is 41.5 Å². The van der Waals surface area contributed by atoms with E-state index < -0.39 is 5.54 Å². The number of esters is 1. The Morgan fingerprint density at radius 2 is 1.71 bits per heavy atom. The van der Waals surface area contributed by atoms with Crippen molar-refractivity contribution in [1.82, 2.24) is 10.8 Å². The highest BCUT2D eigenvalue weighted by atomic mass is 16.7. The Hall–Kier alpha value is -2.22. The summed E-state index contributed by atoms with van der Waals surface area (Å²) in [5, 5.41) is 3.56. The van der Waals surface area contributed by atoms with Crippen LogP contribution in [0.2, 0.25) is 0 Å². The fourth-order valence-corrected chi connectivity index (χ4v) is 4.62. The lowest BCUT2D eigenvalue weighted by Crippen LogP contribution is -2.54. The number of ether oxygens (including phenoxy) is 2. The molecule has 0 spiro atoms. The maximum Gasteiger partial charge on any atom is 0.326 e. The summed E-state index contributed by atoms with van der Waals surface area (Å²) in [6.45, 7) is 6.76. The minimum Gasteiger partial charge on any atom is -0.461 e. The van der Waals surface area contributed by atoms with E-state index in [0.717, 1.165) is 62.5 Å². The van der Waals surface area contributed by atoms with Crippen LogP contribution >= 0.6 is 0 Å². The average molecular weight is 487 g/mol. The average Bonchev–Trinajstić information content (AvgIpc) is 3.38. The fourth-order valence-electron chi connectivity index (χ4n) is 4.62. The van der Waals surface area contributed by atoms with Gasteiger partial charge in [0.25, 0.3) is 5.91 Å². The number of hydroxylamine groups is 1. The number of benzene rings is 1. The third-order valence-electron chi connectivity index (χ3n) is 6.74. The molecule has 2 aliphatic carbocycles. The molecule has 0 bridgehead atoms. The molecule has 0 heterocycles. The molecule has 7 nitrogen and oxygen atoms in total. The summed E-state index contributed by atoms with van der Waals surface area (Å²) in [5.74, 6) is -0.394. The monoisotopic (exact) mass is 486 g/mol. The maximum absolute atomic E-state index is 13.1. The van der Waals surface area contributed by atoms with E-state index in [0.29, 0.717) is 13.2 Å². The fraction of sp³-hybridized carbons (Fsp3) is 0.643. The van der Waals surface area contributed by atoms with Crippen LogP contribution in [0.15, 0.2) is 30.3 Å². The quantitative estimate of drug-likeness (QED) is 0.250. The van der Waals surface area contributed by atoms with Crippen molar-refractivity contribution in [2.75, 3.05) is 6.61 Å². The summed E-state index contributed by atoms with van der Waals surface area (Å²) in [6, 6.07) is 7.97. The summed E-state index contributed by atoms with van der Waals surface area (Å²) in [4.78, 5) is 30.4. The first-order valence-corrected chi connectivity index (χ1v) is 13.2. The molecular weight excluding hydrogens is 444 g/mol. The SMILES string of the molecule is CC(C)OCC(C)ONC(=O)/C=C/c1ccc(CNC2(C(=O)OC3CCCC3)CCCCC2)cc1. The molecule has 2 saturated carbocycles. The standard InChI is InChI=1S/C28H42N2O5/c1-21(2)33-20-22(3)35-30-26(31)16-15-23-11-13-24(14-12-23)19-29-28(17-7-4-8-18-28)27(32)34-25-9-5-6-10-25/h11-16,21-22,25,29H,4-10,17-20H2,1-3H3,(H,30,31)/b16-15+. The number of nitrogens with one attached hydrogen (secondary N) is 2. The zero-order valence-corrected chi connectivity index (χ0v) is 21.5. The topological polar surface area (TPSA) is 85.9 Å². The number of hydrogen-bond acceptors (Lipinski definition) is 6. The van der Waals surface area contributed by atoms with Crippen LogP contribution in [-0.2, 0) is 30.4 Å². The van der Waals surface area contributed by atoms with E-state index in [9.17, 15) is 9.59 Å². The first-order chi connectivity index (χ1) is 16.9. The second kappa shape index (κ2) is 13.8. The van der Waals surface area contributed by atoms with Crippen molar-refractivity contribution < 1.29 is 23.9 Å². The largest absolute Gasteiger partial charge is 0.461 e. The summed E-state index contributed by atoms with van der Waals surface area (Å²) >= 11 is 0. The van der Waals surface area contributed by atoms with Gasteiger partial charge in [0.15, 0.2) is 0 Å². The van der Waals surface area contributed by atoms with Gasteiger partial charge in [-0.2, -0.15) is 0 Å². The first-order valence-electron chi connectivity index (χ1n) is 13.2. The van der Waals surface area contributed by atoms with E-state index in [1.165, 1.54) is 12.5 Å². The van der Waals surface area contributed by atoms with Gasteiger partial charge in [0.1, 0.15) is 17.7 Å². The predicted octanol–water partition coefficient (Wildman–Crippen LogP) is 4.84. The zero-order chi connectivity index (χ0) is 25.1. The molecule has 2 fully saturated rings. The van der Waals surface area contributed by atoms with Gasteiger partial charge in [-0.3, -0.25) is 19.7 Å². The highest BCUT2D eigenvalue weighted by Gasteiger charge is 2.41. The van der Waals surface area contributed by atoms with E-state index >= 15 is 0 Å². The van der Waals surface area contributed by atoms with Gasteiger partial charge in [-0.05, 0) is 76.5 Å². The summed E-state index contributed by atoms with van der Waals surface area (Å²) in [5.41, 5.74) is 3.85. The van der Waals surface area contributed by atoms with Gasteiger partial charge < -0.3 is 9.47 Å². The summed E-state index contributed by atoms with van der Waals surface area (Å²) in [7, 11) is 0. The Labute approximate surface area is 209 Å². The van der Waals surface area contributed by atoms with Gasteiger partial charge in [0.05, 0.1) is 12.7 Å². The molecule has 0 radical (unpaired) electrons. The Kier molecular flexibility index (Phi) is 10.8. The highest BCUT2D eigenvalue weighted by molar-refractivity contribution is 5.90. The molecule has 1 unspecified atom stereocenters. The van der Waals surface area contributed by atoms with Crippen LogP contribution in [0.4, 0.5) is 0 Å². The van der Waals surface area contributed by atoms with Crippen LogP contribution in [0, 0.1) is 0 Å². The van der Waals surface area contributed by atoms with Crippen molar-refractivity contribution in [3.63, 3.8) is 0 Å². The van der Waals surface area contributed by atoms with Gasteiger partial charge in [-0.15, -0.1) is 0 Å². The van der Waals surface area contributed by atoms with Crippen LogP contribution in [0.5, 0.6) is 0 Å². The van der Waals surface area contributed by atoms with Crippen molar-refractivity contribution in [3.8, 4) is 0 Å². The summed E-state index contributed by atoms with van der Waals surface area (Å²) in [6.07, 6.45) is 12.4. The molecule has 1 aromatic carbocycles. The van der Waals surface area contributed by atoms with Crippen LogP contribution in [0.3, 0.4) is 0 Å². The van der Waals surface area contributed by atoms with E-state index in [4.69, 9.17) is 14.3 Å².